The van der Waals surface area contributed by atoms with Gasteiger partial charge >= 0.3 is 0 Å². The van der Waals surface area contributed by atoms with Gasteiger partial charge in [-0.15, -0.1) is 0 Å². The van der Waals surface area contributed by atoms with Crippen molar-refractivity contribution in [3.63, 3.8) is 0 Å². The van der Waals surface area contributed by atoms with Crippen molar-refractivity contribution < 1.29 is 22.8 Å². The third kappa shape index (κ3) is 5.44. The van der Waals surface area contributed by atoms with E-state index in [1.807, 2.05) is 32.9 Å². The third-order valence-corrected chi connectivity index (χ3v) is 7.38. The van der Waals surface area contributed by atoms with Gasteiger partial charge in [0.05, 0.1) is 5.56 Å². The molecule has 0 aliphatic carbocycles. The van der Waals surface area contributed by atoms with Crippen molar-refractivity contribution in [3.8, 4) is 0 Å². The number of hydrogen-bond donors (Lipinski definition) is 1. The summed E-state index contributed by atoms with van der Waals surface area (Å²) in [5.41, 5.74) is 0.250. The van der Waals surface area contributed by atoms with Crippen LogP contribution in [0.4, 0.5) is 0 Å². The van der Waals surface area contributed by atoms with Gasteiger partial charge in [0.2, 0.25) is 11.8 Å². The number of carbonyl (C=O) groups is 3. The van der Waals surface area contributed by atoms with Crippen LogP contribution in [0.15, 0.2) is 57.9 Å². The zero-order valence-electron chi connectivity index (χ0n) is 18.8. The van der Waals surface area contributed by atoms with Crippen LogP contribution in [-0.2, 0) is 26.2 Å². The van der Waals surface area contributed by atoms with Crippen molar-refractivity contribution in [3.05, 3.63) is 64.1 Å². The molecule has 2 aromatic carbocycles. The summed E-state index contributed by atoms with van der Waals surface area (Å²) < 4.78 is 27.2. The highest BCUT2D eigenvalue weighted by atomic mass is 79.9. The van der Waals surface area contributed by atoms with Crippen molar-refractivity contribution in [2.24, 2.45) is 0 Å². The van der Waals surface area contributed by atoms with Gasteiger partial charge in [0.1, 0.15) is 17.5 Å². The van der Waals surface area contributed by atoms with E-state index >= 15 is 0 Å². The van der Waals surface area contributed by atoms with Gasteiger partial charge < -0.3 is 10.2 Å². The molecule has 3 rings (SSSR count). The molecule has 0 spiro atoms. The van der Waals surface area contributed by atoms with Crippen molar-refractivity contribution >= 4 is 43.7 Å². The highest BCUT2D eigenvalue weighted by molar-refractivity contribution is 9.10. The topological polar surface area (TPSA) is 104 Å². The fourth-order valence-electron chi connectivity index (χ4n) is 3.49. The van der Waals surface area contributed by atoms with Crippen LogP contribution in [0, 0.1) is 0 Å². The molecule has 2 aromatic rings. The highest BCUT2D eigenvalue weighted by Gasteiger charge is 2.43. The summed E-state index contributed by atoms with van der Waals surface area (Å²) in [7, 11) is -4.15. The van der Waals surface area contributed by atoms with Crippen molar-refractivity contribution in [2.75, 3.05) is 6.54 Å². The van der Waals surface area contributed by atoms with Gasteiger partial charge in [0, 0.05) is 16.6 Å². The second kappa shape index (κ2) is 9.26. The smallest absolute Gasteiger partial charge is 0.269 e. The van der Waals surface area contributed by atoms with Crippen LogP contribution in [0.25, 0.3) is 0 Å². The maximum absolute atomic E-state index is 13.4. The lowest BCUT2D eigenvalue weighted by atomic mass is 10.1. The number of nitrogens with one attached hydrogen (secondary N) is 1. The number of rotatable bonds is 6. The molecular weight excluding hydrogens is 510 g/mol. The molecule has 33 heavy (non-hydrogen) atoms. The first kappa shape index (κ1) is 24.9. The molecule has 1 N–H and O–H groups in total. The summed E-state index contributed by atoms with van der Waals surface area (Å²) in [4.78, 5) is 40.1. The molecule has 8 nitrogen and oxygen atoms in total. The summed E-state index contributed by atoms with van der Waals surface area (Å²) in [6, 6.07) is 12.2. The van der Waals surface area contributed by atoms with Crippen LogP contribution < -0.4 is 5.32 Å². The number of hydrogen-bond acceptors (Lipinski definition) is 5. The van der Waals surface area contributed by atoms with Crippen LogP contribution >= 0.6 is 15.9 Å². The van der Waals surface area contributed by atoms with Gasteiger partial charge in [-0.05, 0) is 57.5 Å². The Kier molecular flexibility index (Phi) is 6.99. The first-order valence-electron chi connectivity index (χ1n) is 10.3. The van der Waals surface area contributed by atoms with Gasteiger partial charge in [-0.2, -0.15) is 0 Å². The molecule has 10 heteroatoms. The normalized spacial score (nSPS) is 15.7. The number of fused-ring (bicyclic) bond motifs is 1. The van der Waals surface area contributed by atoms with Crippen molar-refractivity contribution in [1.82, 2.24) is 14.5 Å². The molecule has 0 bridgehead atoms. The summed E-state index contributed by atoms with van der Waals surface area (Å²) in [6.45, 7) is 6.41. The Hall–Kier alpha value is -2.72. The third-order valence-electron chi connectivity index (χ3n) is 5.10. The predicted octanol–water partition coefficient (Wildman–Crippen LogP) is 2.93. The Morgan fingerprint density at radius 1 is 1.12 bits per heavy atom. The number of halogens is 1. The average Bonchev–Trinajstić information content (AvgIpc) is 2.91. The molecule has 0 saturated heterocycles. The monoisotopic (exact) mass is 535 g/mol. The highest BCUT2D eigenvalue weighted by Crippen LogP contribution is 2.30. The summed E-state index contributed by atoms with van der Waals surface area (Å²) in [5.74, 6) is -1.80. The molecule has 1 heterocycles. The van der Waals surface area contributed by atoms with Gasteiger partial charge in [-0.25, -0.2) is 12.7 Å². The number of nitrogens with zero attached hydrogens (tertiary/aromatic N) is 2. The number of benzene rings is 2. The Balaban J connectivity index is 1.91. The summed E-state index contributed by atoms with van der Waals surface area (Å²) in [5, 5.41) is 2.84. The first-order valence-corrected chi connectivity index (χ1v) is 12.6. The van der Waals surface area contributed by atoms with Crippen LogP contribution in [0.5, 0.6) is 0 Å². The van der Waals surface area contributed by atoms with Crippen LogP contribution in [-0.4, -0.2) is 53.5 Å². The predicted molar refractivity (Wildman–Crippen MR) is 127 cm³/mol. The Bertz CT molecular complexity index is 1210. The lowest BCUT2D eigenvalue weighted by molar-refractivity contribution is -0.141. The molecule has 1 aliphatic heterocycles. The molecule has 1 atom stereocenters. The fraction of sp³-hybridized carbons (Fsp3) is 0.348. The van der Waals surface area contributed by atoms with E-state index in [0.29, 0.717) is 4.31 Å². The number of carbonyl (C=O) groups excluding carboxylic acids is 3. The maximum atomic E-state index is 13.4. The lowest BCUT2D eigenvalue weighted by Crippen LogP contribution is -2.54. The largest absolute Gasteiger partial charge is 0.350 e. The van der Waals surface area contributed by atoms with E-state index in [1.165, 1.54) is 23.1 Å². The van der Waals surface area contributed by atoms with E-state index in [0.717, 1.165) is 10.0 Å². The lowest BCUT2D eigenvalue weighted by Gasteiger charge is -2.32. The number of amides is 3. The molecule has 3 amide bonds. The van der Waals surface area contributed by atoms with Crippen LogP contribution in [0.1, 0.15) is 43.6 Å². The van der Waals surface area contributed by atoms with E-state index < -0.39 is 40.0 Å². The van der Waals surface area contributed by atoms with Crippen LogP contribution in [0.3, 0.4) is 0 Å². The Morgan fingerprint density at radius 3 is 2.39 bits per heavy atom. The van der Waals surface area contributed by atoms with E-state index in [2.05, 4.69) is 21.2 Å². The molecule has 0 fully saturated rings. The fourth-order valence-corrected chi connectivity index (χ4v) is 5.45. The number of sulfonamides is 1. The average molecular weight is 536 g/mol. The molecule has 1 aliphatic rings. The molecule has 0 saturated carbocycles. The zero-order chi connectivity index (χ0) is 24.6. The van der Waals surface area contributed by atoms with E-state index in [1.54, 1.807) is 25.1 Å². The van der Waals surface area contributed by atoms with Crippen LogP contribution in [0.2, 0.25) is 0 Å². The van der Waals surface area contributed by atoms with E-state index in [4.69, 9.17) is 0 Å². The van der Waals surface area contributed by atoms with Gasteiger partial charge in [0.25, 0.3) is 15.9 Å². The molecule has 176 valence electrons. The van der Waals surface area contributed by atoms with Gasteiger partial charge in [-0.1, -0.05) is 40.2 Å². The minimum absolute atomic E-state index is 0.0300. The molecular formula is C23H26BrN3O5S. The SMILES string of the molecule is CC(C(=O)NC(C)(C)C)N(Cc1cccc(Br)c1)C(=O)CN1C(=O)c2ccccc2S1(=O)=O. The minimum atomic E-state index is -4.15. The minimum Gasteiger partial charge on any atom is -0.350 e. The molecule has 0 radical (unpaired) electrons. The Morgan fingerprint density at radius 2 is 1.79 bits per heavy atom. The second-order valence-corrected chi connectivity index (χ2v) is 11.6. The quantitative estimate of drug-likeness (QED) is 0.612. The maximum Gasteiger partial charge on any atom is 0.269 e. The molecule has 1 unspecified atom stereocenters. The first-order chi connectivity index (χ1) is 15.3. The Labute approximate surface area is 202 Å². The van der Waals surface area contributed by atoms with Gasteiger partial charge in [0.15, 0.2) is 0 Å². The van der Waals surface area contributed by atoms with Gasteiger partial charge in [-0.3, -0.25) is 14.4 Å². The van der Waals surface area contributed by atoms with Crippen molar-refractivity contribution in [1.29, 1.82) is 0 Å². The standard InChI is InChI=1S/C23H26BrN3O5S/c1-15(21(29)25-23(2,3)4)26(13-16-8-7-9-17(24)12-16)20(28)14-27-22(30)18-10-5-6-11-19(18)33(27,31)32/h5-12,15H,13-14H2,1-4H3,(H,25,29). The van der Waals surface area contributed by atoms with Crippen molar-refractivity contribution in [2.45, 2.75) is 50.7 Å². The molecule has 0 aromatic heterocycles. The van der Waals surface area contributed by atoms with E-state index in [9.17, 15) is 22.8 Å². The zero-order valence-corrected chi connectivity index (χ0v) is 21.2. The van der Waals surface area contributed by atoms with E-state index in [-0.39, 0.29) is 22.9 Å². The second-order valence-electron chi connectivity index (χ2n) is 8.88. The summed E-state index contributed by atoms with van der Waals surface area (Å²) in [6.07, 6.45) is 0. The summed E-state index contributed by atoms with van der Waals surface area (Å²) >= 11 is 3.39.